The molecule has 0 aromatic carbocycles. The Kier molecular flexibility index (Phi) is 7.95. The zero-order valence-electron chi connectivity index (χ0n) is 4.31. The predicted octanol–water partition coefficient (Wildman–Crippen LogP) is 1.72. The van der Waals surface area contributed by atoms with Gasteiger partial charge in [0, 0.05) is 6.42 Å². The highest BCUT2D eigenvalue weighted by atomic mass is 16.5. The lowest BCUT2D eigenvalue weighted by atomic mass is 10.5. The van der Waals surface area contributed by atoms with Gasteiger partial charge in [-0.05, 0) is 0 Å². The fourth-order valence-electron chi connectivity index (χ4n) is 0.176. The van der Waals surface area contributed by atoms with Crippen molar-refractivity contribution in [3.05, 3.63) is 12.8 Å². The van der Waals surface area contributed by atoms with Crippen molar-refractivity contribution >= 4 is 5.97 Å². The topological polar surface area (TPSA) is 26.3 Å². The average Bonchev–Trinajstić information content (AvgIpc) is 1.68. The molecule has 0 amide bonds. The molecule has 2 heteroatoms. The minimum atomic E-state index is -0.241. The molecule has 0 aromatic rings. The first-order valence-corrected chi connectivity index (χ1v) is 2.11. The monoisotopic (exact) mass is 116 g/mol. The van der Waals surface area contributed by atoms with Crippen molar-refractivity contribution in [2.45, 2.75) is 20.8 Å². The second kappa shape index (κ2) is 6.21. The Hall–Kier alpha value is -0.790. The predicted molar refractivity (Wildman–Crippen MR) is 33.3 cm³/mol. The first-order valence-electron chi connectivity index (χ1n) is 2.11. The van der Waals surface area contributed by atoms with Crippen LogP contribution in [-0.4, -0.2) is 5.97 Å². The summed E-state index contributed by atoms with van der Waals surface area (Å²) in [7, 11) is 0. The highest BCUT2D eigenvalue weighted by Crippen LogP contribution is 1.81. The number of esters is 1. The van der Waals surface area contributed by atoms with Crippen molar-refractivity contribution in [3.63, 3.8) is 0 Å². The van der Waals surface area contributed by atoms with Gasteiger partial charge in [0.1, 0.15) is 0 Å². The molecule has 48 valence electrons. The summed E-state index contributed by atoms with van der Waals surface area (Å²) < 4.78 is 4.32. The third-order valence-corrected chi connectivity index (χ3v) is 0.503. The van der Waals surface area contributed by atoms with E-state index < -0.39 is 0 Å². The summed E-state index contributed by atoms with van der Waals surface area (Å²) in [5, 5.41) is 0. The van der Waals surface area contributed by atoms with E-state index in [-0.39, 0.29) is 13.4 Å². The van der Waals surface area contributed by atoms with Crippen molar-refractivity contribution in [3.8, 4) is 0 Å². The molecule has 0 radical (unpaired) electrons. The van der Waals surface area contributed by atoms with Crippen LogP contribution < -0.4 is 0 Å². The molecule has 0 aliphatic rings. The van der Waals surface area contributed by atoms with Crippen LogP contribution in [0.4, 0.5) is 0 Å². The van der Waals surface area contributed by atoms with Crippen LogP contribution in [0, 0.1) is 0 Å². The minimum absolute atomic E-state index is 0. The molecule has 0 rings (SSSR count). The van der Waals surface area contributed by atoms with E-state index in [0.717, 1.165) is 6.26 Å². The first kappa shape index (κ1) is 10.2. The van der Waals surface area contributed by atoms with Gasteiger partial charge in [0.05, 0.1) is 6.26 Å². The fourth-order valence-corrected chi connectivity index (χ4v) is 0.176. The van der Waals surface area contributed by atoms with Gasteiger partial charge in [0.15, 0.2) is 0 Å². The standard InChI is InChI=1S/C5H8O2.CH4/c1-3-5(6)7-4-2;/h4H,2-3H2,1H3;1H4. The molecule has 0 N–H and O–H groups in total. The average molecular weight is 116 g/mol. The number of carbonyl (C=O) groups excluding carboxylic acids is 1. The maximum absolute atomic E-state index is 10.1. The molecule has 0 bridgehead atoms. The van der Waals surface area contributed by atoms with Gasteiger partial charge in [-0.15, -0.1) is 0 Å². The molecule has 0 saturated carbocycles. The summed E-state index contributed by atoms with van der Waals surface area (Å²) in [6, 6.07) is 0. The second-order valence-corrected chi connectivity index (χ2v) is 1.01. The van der Waals surface area contributed by atoms with E-state index in [4.69, 9.17) is 0 Å². The molecular weight excluding hydrogens is 104 g/mol. The van der Waals surface area contributed by atoms with E-state index in [9.17, 15) is 4.79 Å². The molecule has 0 aliphatic heterocycles. The lowest BCUT2D eigenvalue weighted by Gasteiger charge is -1.88. The van der Waals surface area contributed by atoms with E-state index in [1.165, 1.54) is 0 Å². The summed E-state index contributed by atoms with van der Waals surface area (Å²) in [6.07, 6.45) is 1.54. The Labute approximate surface area is 50.2 Å². The minimum Gasteiger partial charge on any atom is -0.435 e. The lowest BCUT2D eigenvalue weighted by molar-refractivity contribution is -0.137. The summed E-state index contributed by atoms with van der Waals surface area (Å²) in [5.41, 5.74) is 0. The molecule has 0 saturated heterocycles. The fraction of sp³-hybridized carbons (Fsp3) is 0.500. The van der Waals surface area contributed by atoms with Crippen molar-refractivity contribution in [2.24, 2.45) is 0 Å². The van der Waals surface area contributed by atoms with Crippen LogP contribution in [0.5, 0.6) is 0 Å². The zero-order valence-corrected chi connectivity index (χ0v) is 4.31. The van der Waals surface area contributed by atoms with Gasteiger partial charge in [-0.3, -0.25) is 4.79 Å². The summed E-state index contributed by atoms with van der Waals surface area (Å²) in [6.45, 7) is 4.93. The number of hydrogen-bond acceptors (Lipinski definition) is 2. The summed E-state index contributed by atoms with van der Waals surface area (Å²) in [4.78, 5) is 10.1. The third kappa shape index (κ3) is 5.21. The molecule has 0 atom stereocenters. The van der Waals surface area contributed by atoms with E-state index in [1.54, 1.807) is 6.92 Å². The van der Waals surface area contributed by atoms with Crippen molar-refractivity contribution in [1.29, 1.82) is 0 Å². The van der Waals surface area contributed by atoms with E-state index >= 15 is 0 Å². The van der Waals surface area contributed by atoms with Crippen LogP contribution in [0.15, 0.2) is 12.8 Å². The maximum Gasteiger partial charge on any atom is 0.310 e. The van der Waals surface area contributed by atoms with Crippen LogP contribution in [0.3, 0.4) is 0 Å². The summed E-state index contributed by atoms with van der Waals surface area (Å²) in [5.74, 6) is -0.241. The Bertz CT molecular complexity index is 76.6. The quantitative estimate of drug-likeness (QED) is 0.405. The smallest absolute Gasteiger partial charge is 0.310 e. The Morgan fingerprint density at radius 1 is 1.88 bits per heavy atom. The third-order valence-electron chi connectivity index (χ3n) is 0.503. The molecular formula is C6H12O2. The second-order valence-electron chi connectivity index (χ2n) is 1.01. The SMILES string of the molecule is C.C=COC(=O)CC. The molecule has 0 fully saturated rings. The van der Waals surface area contributed by atoms with Gasteiger partial charge in [-0.2, -0.15) is 0 Å². The van der Waals surface area contributed by atoms with Crippen molar-refractivity contribution < 1.29 is 9.53 Å². The molecule has 0 heterocycles. The molecule has 8 heavy (non-hydrogen) atoms. The van der Waals surface area contributed by atoms with Crippen LogP contribution in [0.25, 0.3) is 0 Å². The van der Waals surface area contributed by atoms with Crippen molar-refractivity contribution in [1.82, 2.24) is 0 Å². The van der Waals surface area contributed by atoms with Crippen molar-refractivity contribution in [2.75, 3.05) is 0 Å². The highest BCUT2D eigenvalue weighted by Gasteiger charge is 1.89. The van der Waals surface area contributed by atoms with Crippen LogP contribution >= 0.6 is 0 Å². The highest BCUT2D eigenvalue weighted by molar-refractivity contribution is 5.69. The van der Waals surface area contributed by atoms with Gasteiger partial charge in [-0.1, -0.05) is 20.9 Å². The van der Waals surface area contributed by atoms with E-state index in [0.29, 0.717) is 6.42 Å². The Balaban J connectivity index is 0. The maximum atomic E-state index is 10.1. The van der Waals surface area contributed by atoms with Crippen LogP contribution in [0.2, 0.25) is 0 Å². The number of hydrogen-bond donors (Lipinski definition) is 0. The normalized spacial score (nSPS) is 6.62. The van der Waals surface area contributed by atoms with E-state index in [1.807, 2.05) is 0 Å². The molecule has 0 aromatic heterocycles. The van der Waals surface area contributed by atoms with Gasteiger partial charge in [0.2, 0.25) is 0 Å². The van der Waals surface area contributed by atoms with Gasteiger partial charge >= 0.3 is 5.97 Å². The lowest BCUT2D eigenvalue weighted by Crippen LogP contribution is -1.94. The first-order chi connectivity index (χ1) is 3.31. The zero-order chi connectivity index (χ0) is 5.70. The number of ether oxygens (including phenoxy) is 1. The van der Waals surface area contributed by atoms with Gasteiger partial charge in [-0.25, -0.2) is 0 Å². The molecule has 2 nitrogen and oxygen atoms in total. The van der Waals surface area contributed by atoms with E-state index in [2.05, 4.69) is 11.3 Å². The molecule has 0 unspecified atom stereocenters. The Morgan fingerprint density at radius 2 is 2.38 bits per heavy atom. The van der Waals surface area contributed by atoms with Crippen LogP contribution in [-0.2, 0) is 9.53 Å². The largest absolute Gasteiger partial charge is 0.435 e. The molecule has 0 spiro atoms. The van der Waals surface area contributed by atoms with Gasteiger partial charge in [0.25, 0.3) is 0 Å². The molecule has 0 aliphatic carbocycles. The number of carbonyl (C=O) groups is 1. The van der Waals surface area contributed by atoms with Gasteiger partial charge < -0.3 is 4.74 Å². The summed E-state index contributed by atoms with van der Waals surface area (Å²) >= 11 is 0. The van der Waals surface area contributed by atoms with Crippen LogP contribution in [0.1, 0.15) is 20.8 Å². The Morgan fingerprint density at radius 3 is 2.50 bits per heavy atom. The number of rotatable bonds is 2.